The van der Waals surface area contributed by atoms with Crippen LogP contribution in [0.25, 0.3) is 11.1 Å². The molecule has 3 N–H and O–H groups in total. The van der Waals surface area contributed by atoms with Crippen LogP contribution in [0.5, 0.6) is 0 Å². The molecule has 2 amide bonds. The lowest BCUT2D eigenvalue weighted by molar-refractivity contribution is -0.125. The van der Waals surface area contributed by atoms with Gasteiger partial charge in [0, 0.05) is 17.5 Å². The first kappa shape index (κ1) is 24.4. The molecular weight excluding hydrogens is 516 g/mol. The molecule has 1 atom stereocenters. The Morgan fingerprint density at radius 3 is 2.23 bits per heavy atom. The Morgan fingerprint density at radius 2 is 1.63 bits per heavy atom. The average molecular weight is 539 g/mol. The fourth-order valence-corrected chi connectivity index (χ4v) is 4.49. The second-order valence-electron chi connectivity index (χ2n) is 7.92. The maximum atomic E-state index is 12.6. The summed E-state index contributed by atoms with van der Waals surface area (Å²) in [6.45, 7) is -0.0147. The van der Waals surface area contributed by atoms with Crippen LogP contribution in [-0.4, -0.2) is 49.4 Å². The molecule has 180 valence electrons. The van der Waals surface area contributed by atoms with Crippen LogP contribution in [0.15, 0.2) is 71.2 Å². The summed E-state index contributed by atoms with van der Waals surface area (Å²) in [6, 6.07) is 20.5. The first-order chi connectivity index (χ1) is 16.9. The van der Waals surface area contributed by atoms with Crippen molar-refractivity contribution < 1.29 is 29.0 Å². The van der Waals surface area contributed by atoms with E-state index in [1.54, 1.807) is 6.07 Å². The molecule has 35 heavy (non-hydrogen) atoms. The van der Waals surface area contributed by atoms with Crippen LogP contribution in [0.1, 0.15) is 27.4 Å². The molecule has 9 heteroatoms. The Bertz CT molecular complexity index is 1230. The number of amides is 2. The zero-order chi connectivity index (χ0) is 24.9. The standard InChI is InChI=1S/C26H23BrN2O6/c1-34-23(24(30)29-22-12-15(27)10-11-20(22)25(31)32)13-28-26(33)35-14-21-18-8-4-2-6-16(18)17-7-3-5-9-19(17)21/h2-12,21,23H,13-14H2,1H3,(H,28,33)(H,29,30)(H,31,32). The van der Waals surface area contributed by atoms with Crippen LogP contribution in [0.4, 0.5) is 10.5 Å². The molecule has 0 bridgehead atoms. The van der Waals surface area contributed by atoms with Gasteiger partial charge in [0.05, 0.1) is 17.8 Å². The Morgan fingerprint density at radius 1 is 1.00 bits per heavy atom. The minimum Gasteiger partial charge on any atom is -0.478 e. The predicted molar refractivity (Wildman–Crippen MR) is 134 cm³/mol. The minimum atomic E-state index is -1.18. The molecule has 0 saturated heterocycles. The molecule has 0 spiro atoms. The number of methoxy groups -OCH3 is 1. The highest BCUT2D eigenvalue weighted by Gasteiger charge is 2.29. The van der Waals surface area contributed by atoms with E-state index in [4.69, 9.17) is 9.47 Å². The lowest BCUT2D eigenvalue weighted by Gasteiger charge is -2.18. The van der Waals surface area contributed by atoms with E-state index in [0.717, 1.165) is 22.3 Å². The summed E-state index contributed by atoms with van der Waals surface area (Å²) in [5.74, 6) is -1.87. The second kappa shape index (κ2) is 10.7. The largest absolute Gasteiger partial charge is 0.478 e. The van der Waals surface area contributed by atoms with Crippen molar-refractivity contribution >= 4 is 39.6 Å². The van der Waals surface area contributed by atoms with E-state index in [-0.39, 0.29) is 30.3 Å². The van der Waals surface area contributed by atoms with Crippen LogP contribution in [-0.2, 0) is 14.3 Å². The average Bonchev–Trinajstić information content (AvgIpc) is 3.16. The second-order valence-corrected chi connectivity index (χ2v) is 8.83. The fourth-order valence-electron chi connectivity index (χ4n) is 4.13. The lowest BCUT2D eigenvalue weighted by atomic mass is 9.98. The fraction of sp³-hybridized carbons (Fsp3) is 0.192. The number of carbonyl (C=O) groups is 3. The summed E-state index contributed by atoms with van der Waals surface area (Å²) in [7, 11) is 1.32. The van der Waals surface area contributed by atoms with E-state index < -0.39 is 24.1 Å². The number of hydrogen-bond donors (Lipinski definition) is 3. The topological polar surface area (TPSA) is 114 Å². The number of benzene rings is 3. The zero-order valence-corrected chi connectivity index (χ0v) is 20.4. The number of alkyl carbamates (subject to hydrolysis) is 1. The maximum Gasteiger partial charge on any atom is 0.407 e. The number of ether oxygens (including phenoxy) is 2. The monoisotopic (exact) mass is 538 g/mol. The predicted octanol–water partition coefficient (Wildman–Crippen LogP) is 4.64. The van der Waals surface area contributed by atoms with Crippen molar-refractivity contribution in [3.63, 3.8) is 0 Å². The van der Waals surface area contributed by atoms with Crippen LogP contribution in [0, 0.1) is 0 Å². The SMILES string of the molecule is COC(CNC(=O)OCC1c2ccccc2-c2ccccc21)C(=O)Nc1cc(Br)ccc1C(=O)O. The molecule has 0 aliphatic heterocycles. The number of fused-ring (bicyclic) bond motifs is 3. The molecule has 4 rings (SSSR count). The Labute approximate surface area is 210 Å². The van der Waals surface area contributed by atoms with Gasteiger partial charge < -0.3 is 25.2 Å². The van der Waals surface area contributed by atoms with Crippen molar-refractivity contribution in [1.29, 1.82) is 0 Å². The summed E-state index contributed by atoms with van der Waals surface area (Å²) < 4.78 is 11.3. The smallest absolute Gasteiger partial charge is 0.407 e. The number of hydrogen-bond acceptors (Lipinski definition) is 5. The van der Waals surface area contributed by atoms with Gasteiger partial charge in [0.2, 0.25) is 0 Å². The molecule has 0 fully saturated rings. The molecule has 1 aliphatic carbocycles. The van der Waals surface area contributed by atoms with E-state index >= 15 is 0 Å². The third-order valence-corrected chi connectivity index (χ3v) is 6.32. The summed E-state index contributed by atoms with van der Waals surface area (Å²) in [6.07, 6.45) is -1.74. The number of nitrogens with one attached hydrogen (secondary N) is 2. The first-order valence-corrected chi connectivity index (χ1v) is 11.6. The number of aromatic carboxylic acids is 1. The van der Waals surface area contributed by atoms with Gasteiger partial charge in [-0.05, 0) is 40.5 Å². The Hall–Kier alpha value is -3.69. The number of halogens is 1. The van der Waals surface area contributed by atoms with E-state index in [2.05, 4.69) is 38.7 Å². The van der Waals surface area contributed by atoms with Crippen LogP contribution < -0.4 is 10.6 Å². The maximum absolute atomic E-state index is 12.6. The zero-order valence-electron chi connectivity index (χ0n) is 18.8. The quantitative estimate of drug-likeness (QED) is 0.385. The molecule has 0 heterocycles. The molecule has 0 aromatic heterocycles. The Balaban J connectivity index is 1.35. The van der Waals surface area contributed by atoms with Crippen molar-refractivity contribution in [3.8, 4) is 11.1 Å². The van der Waals surface area contributed by atoms with Gasteiger partial charge in [-0.3, -0.25) is 4.79 Å². The molecule has 0 radical (unpaired) electrons. The van der Waals surface area contributed by atoms with Crippen molar-refractivity contribution in [3.05, 3.63) is 87.9 Å². The molecule has 1 unspecified atom stereocenters. The van der Waals surface area contributed by atoms with E-state index in [1.165, 1.54) is 19.2 Å². The van der Waals surface area contributed by atoms with Gasteiger partial charge in [0.15, 0.2) is 6.10 Å². The molecule has 1 aliphatic rings. The van der Waals surface area contributed by atoms with Gasteiger partial charge in [-0.25, -0.2) is 9.59 Å². The summed E-state index contributed by atoms with van der Waals surface area (Å²) >= 11 is 3.26. The third-order valence-electron chi connectivity index (χ3n) is 5.82. The van der Waals surface area contributed by atoms with Crippen molar-refractivity contribution in [2.24, 2.45) is 0 Å². The van der Waals surface area contributed by atoms with Gasteiger partial charge in [-0.1, -0.05) is 64.5 Å². The number of rotatable bonds is 8. The van der Waals surface area contributed by atoms with Crippen molar-refractivity contribution in [2.75, 3.05) is 25.6 Å². The highest BCUT2D eigenvalue weighted by Crippen LogP contribution is 2.44. The van der Waals surface area contributed by atoms with Crippen molar-refractivity contribution in [1.82, 2.24) is 5.32 Å². The molecular formula is C26H23BrN2O6. The number of carbonyl (C=O) groups excluding carboxylic acids is 2. The summed E-state index contributed by atoms with van der Waals surface area (Å²) in [4.78, 5) is 36.5. The number of carboxylic acid groups (broad SMARTS) is 1. The van der Waals surface area contributed by atoms with E-state index in [1.807, 2.05) is 36.4 Å². The van der Waals surface area contributed by atoms with E-state index in [9.17, 15) is 19.5 Å². The van der Waals surface area contributed by atoms with Crippen LogP contribution >= 0.6 is 15.9 Å². The lowest BCUT2D eigenvalue weighted by Crippen LogP contribution is -2.41. The number of anilines is 1. The van der Waals surface area contributed by atoms with E-state index in [0.29, 0.717) is 4.47 Å². The highest BCUT2D eigenvalue weighted by molar-refractivity contribution is 9.10. The van der Waals surface area contributed by atoms with Gasteiger partial charge in [-0.2, -0.15) is 0 Å². The third kappa shape index (κ3) is 5.36. The van der Waals surface area contributed by atoms with Crippen molar-refractivity contribution in [2.45, 2.75) is 12.0 Å². The minimum absolute atomic E-state index is 0.0686. The molecule has 3 aromatic carbocycles. The normalized spacial score (nSPS) is 12.9. The molecule has 3 aromatic rings. The highest BCUT2D eigenvalue weighted by atomic mass is 79.9. The van der Waals surface area contributed by atoms with Gasteiger partial charge >= 0.3 is 12.1 Å². The summed E-state index contributed by atoms with van der Waals surface area (Å²) in [5, 5.41) is 14.4. The van der Waals surface area contributed by atoms with Crippen LogP contribution in [0.3, 0.4) is 0 Å². The molecule has 0 saturated carbocycles. The van der Waals surface area contributed by atoms with Gasteiger partial charge in [-0.15, -0.1) is 0 Å². The number of carboxylic acids is 1. The van der Waals surface area contributed by atoms with Gasteiger partial charge in [0.25, 0.3) is 5.91 Å². The molecule has 8 nitrogen and oxygen atoms in total. The first-order valence-electron chi connectivity index (χ1n) is 10.8. The van der Waals surface area contributed by atoms with Crippen LogP contribution in [0.2, 0.25) is 0 Å². The Kier molecular flexibility index (Phi) is 7.48. The van der Waals surface area contributed by atoms with Gasteiger partial charge in [0.1, 0.15) is 6.61 Å². The summed E-state index contributed by atoms with van der Waals surface area (Å²) in [5.41, 5.74) is 4.49.